The molecule has 0 saturated carbocycles. The van der Waals surface area contributed by atoms with Gasteiger partial charge in [-0.3, -0.25) is 14.4 Å². The first-order valence-corrected chi connectivity index (χ1v) is 9.41. The molecule has 28 heavy (non-hydrogen) atoms. The number of amides is 3. The van der Waals surface area contributed by atoms with Gasteiger partial charge in [-0.1, -0.05) is 49.7 Å². The number of benzene rings is 2. The van der Waals surface area contributed by atoms with Gasteiger partial charge in [-0.05, 0) is 35.7 Å². The van der Waals surface area contributed by atoms with Gasteiger partial charge in [0.15, 0.2) is 0 Å². The SMILES string of the molecule is CC(C)CC(=O)Nc1cccc(CNC(=O)CNC(=O)c2ccccc2Cl)c1. The molecule has 2 aromatic carbocycles. The molecule has 0 aromatic heterocycles. The highest BCUT2D eigenvalue weighted by molar-refractivity contribution is 6.33. The lowest BCUT2D eigenvalue weighted by atomic mass is 10.1. The largest absolute Gasteiger partial charge is 0.350 e. The van der Waals surface area contributed by atoms with E-state index in [2.05, 4.69) is 16.0 Å². The molecule has 0 radical (unpaired) electrons. The van der Waals surface area contributed by atoms with E-state index in [1.165, 1.54) is 0 Å². The number of carbonyl (C=O) groups is 3. The van der Waals surface area contributed by atoms with Gasteiger partial charge in [-0.15, -0.1) is 0 Å². The number of hydrogen-bond donors (Lipinski definition) is 3. The number of rotatable bonds is 8. The fourth-order valence-electron chi connectivity index (χ4n) is 2.51. The molecule has 0 atom stereocenters. The number of hydrogen-bond acceptors (Lipinski definition) is 3. The molecule has 7 heteroatoms. The van der Waals surface area contributed by atoms with Crippen LogP contribution in [0.15, 0.2) is 48.5 Å². The summed E-state index contributed by atoms with van der Waals surface area (Å²) in [5.74, 6) is -0.493. The van der Waals surface area contributed by atoms with E-state index < -0.39 is 5.91 Å². The van der Waals surface area contributed by atoms with Gasteiger partial charge < -0.3 is 16.0 Å². The summed E-state index contributed by atoms with van der Waals surface area (Å²) in [6.07, 6.45) is 0.450. The Bertz CT molecular complexity index is 852. The predicted octanol–water partition coefficient (Wildman–Crippen LogP) is 3.37. The van der Waals surface area contributed by atoms with E-state index in [0.717, 1.165) is 5.56 Å². The molecule has 6 nitrogen and oxygen atoms in total. The van der Waals surface area contributed by atoms with E-state index in [9.17, 15) is 14.4 Å². The second-order valence-electron chi connectivity index (χ2n) is 6.79. The minimum Gasteiger partial charge on any atom is -0.350 e. The highest BCUT2D eigenvalue weighted by Gasteiger charge is 2.11. The third-order valence-electron chi connectivity index (χ3n) is 3.82. The summed E-state index contributed by atoms with van der Waals surface area (Å²) >= 11 is 5.96. The van der Waals surface area contributed by atoms with Crippen molar-refractivity contribution in [2.75, 3.05) is 11.9 Å². The highest BCUT2D eigenvalue weighted by Crippen LogP contribution is 2.14. The second kappa shape index (κ2) is 10.5. The molecule has 2 aromatic rings. The summed E-state index contributed by atoms with van der Waals surface area (Å²) in [5.41, 5.74) is 1.85. The summed E-state index contributed by atoms with van der Waals surface area (Å²) in [6.45, 7) is 4.09. The predicted molar refractivity (Wildman–Crippen MR) is 110 cm³/mol. The van der Waals surface area contributed by atoms with E-state index in [1.54, 1.807) is 36.4 Å². The third-order valence-corrected chi connectivity index (χ3v) is 4.15. The van der Waals surface area contributed by atoms with E-state index in [-0.39, 0.29) is 30.8 Å². The van der Waals surface area contributed by atoms with Crippen LogP contribution in [0.2, 0.25) is 5.02 Å². The van der Waals surface area contributed by atoms with Crippen molar-refractivity contribution in [2.24, 2.45) is 5.92 Å². The Morgan fingerprint density at radius 2 is 1.71 bits per heavy atom. The number of anilines is 1. The van der Waals surface area contributed by atoms with Crippen LogP contribution in [0.25, 0.3) is 0 Å². The summed E-state index contributed by atoms with van der Waals surface area (Å²) in [7, 11) is 0. The van der Waals surface area contributed by atoms with Gasteiger partial charge in [0.2, 0.25) is 11.8 Å². The summed E-state index contributed by atoms with van der Waals surface area (Å²) in [4.78, 5) is 35.9. The lowest BCUT2D eigenvalue weighted by molar-refractivity contribution is -0.120. The molecular weight excluding hydrogens is 378 g/mol. The van der Waals surface area contributed by atoms with Crippen LogP contribution in [0.4, 0.5) is 5.69 Å². The number of nitrogens with one attached hydrogen (secondary N) is 3. The quantitative estimate of drug-likeness (QED) is 0.633. The molecule has 3 amide bonds. The Morgan fingerprint density at radius 1 is 0.964 bits per heavy atom. The Morgan fingerprint density at radius 3 is 2.43 bits per heavy atom. The topological polar surface area (TPSA) is 87.3 Å². The second-order valence-corrected chi connectivity index (χ2v) is 7.19. The molecule has 148 valence electrons. The van der Waals surface area contributed by atoms with Crippen molar-refractivity contribution in [1.29, 1.82) is 0 Å². The molecule has 2 rings (SSSR count). The molecule has 0 aliphatic rings. The minimum atomic E-state index is -0.407. The molecular formula is C21H24ClN3O3. The Hall–Kier alpha value is -2.86. The molecule has 0 fully saturated rings. The van der Waals surface area contributed by atoms with E-state index in [4.69, 9.17) is 11.6 Å². The zero-order valence-electron chi connectivity index (χ0n) is 15.9. The van der Waals surface area contributed by atoms with E-state index >= 15 is 0 Å². The van der Waals surface area contributed by atoms with Gasteiger partial charge in [0.25, 0.3) is 5.91 Å². The standard InChI is InChI=1S/C21H24ClN3O3/c1-14(2)10-19(26)25-16-7-5-6-15(11-16)12-23-20(27)13-24-21(28)17-8-3-4-9-18(17)22/h3-9,11,14H,10,12-13H2,1-2H3,(H,23,27)(H,24,28)(H,25,26). The van der Waals surface area contributed by atoms with Crippen LogP contribution in [0.5, 0.6) is 0 Å². The van der Waals surface area contributed by atoms with Crippen LogP contribution in [0.3, 0.4) is 0 Å². The van der Waals surface area contributed by atoms with Crippen molar-refractivity contribution in [3.8, 4) is 0 Å². The normalized spacial score (nSPS) is 10.4. The third kappa shape index (κ3) is 7.04. The van der Waals surface area contributed by atoms with E-state index in [1.807, 2.05) is 26.0 Å². The van der Waals surface area contributed by atoms with Gasteiger partial charge in [0, 0.05) is 18.7 Å². The van der Waals surface area contributed by atoms with Crippen LogP contribution in [-0.2, 0) is 16.1 Å². The zero-order valence-corrected chi connectivity index (χ0v) is 16.7. The lowest BCUT2D eigenvalue weighted by Crippen LogP contribution is -2.36. The Kier molecular flexibility index (Phi) is 8.02. The van der Waals surface area contributed by atoms with Crippen molar-refractivity contribution in [3.05, 3.63) is 64.7 Å². The molecule has 0 unspecified atom stereocenters. The fourth-order valence-corrected chi connectivity index (χ4v) is 2.73. The first kappa shape index (κ1) is 21.4. The van der Waals surface area contributed by atoms with Crippen LogP contribution >= 0.6 is 11.6 Å². The van der Waals surface area contributed by atoms with Gasteiger partial charge in [0.1, 0.15) is 0 Å². The first-order valence-electron chi connectivity index (χ1n) is 9.03. The summed E-state index contributed by atoms with van der Waals surface area (Å²) in [6, 6.07) is 13.9. The first-order chi connectivity index (χ1) is 13.3. The van der Waals surface area contributed by atoms with Crippen LogP contribution in [-0.4, -0.2) is 24.3 Å². The maximum absolute atomic E-state index is 12.1. The van der Waals surface area contributed by atoms with Crippen LogP contribution < -0.4 is 16.0 Å². The van der Waals surface area contributed by atoms with Crippen molar-refractivity contribution < 1.29 is 14.4 Å². The van der Waals surface area contributed by atoms with Gasteiger partial charge in [-0.25, -0.2) is 0 Å². The Balaban J connectivity index is 1.81. The number of halogens is 1. The van der Waals surface area contributed by atoms with Gasteiger partial charge >= 0.3 is 0 Å². The average Bonchev–Trinajstić information content (AvgIpc) is 2.64. The fraction of sp³-hybridized carbons (Fsp3) is 0.286. The summed E-state index contributed by atoms with van der Waals surface area (Å²) in [5, 5.41) is 8.45. The van der Waals surface area contributed by atoms with Crippen LogP contribution in [0, 0.1) is 5.92 Å². The van der Waals surface area contributed by atoms with Crippen molar-refractivity contribution in [1.82, 2.24) is 10.6 Å². The monoisotopic (exact) mass is 401 g/mol. The molecule has 0 aliphatic carbocycles. The minimum absolute atomic E-state index is 0.0431. The smallest absolute Gasteiger partial charge is 0.253 e. The van der Waals surface area contributed by atoms with E-state index in [0.29, 0.717) is 22.7 Å². The summed E-state index contributed by atoms with van der Waals surface area (Å²) < 4.78 is 0. The lowest BCUT2D eigenvalue weighted by Gasteiger charge is -2.10. The molecule has 3 N–H and O–H groups in total. The van der Waals surface area contributed by atoms with Crippen LogP contribution in [0.1, 0.15) is 36.2 Å². The maximum Gasteiger partial charge on any atom is 0.253 e. The maximum atomic E-state index is 12.1. The van der Waals surface area contributed by atoms with Crippen molar-refractivity contribution in [2.45, 2.75) is 26.8 Å². The van der Waals surface area contributed by atoms with Gasteiger partial charge in [0.05, 0.1) is 17.1 Å². The molecule has 0 aliphatic heterocycles. The zero-order chi connectivity index (χ0) is 20.5. The van der Waals surface area contributed by atoms with Crippen molar-refractivity contribution >= 4 is 35.0 Å². The number of carbonyl (C=O) groups excluding carboxylic acids is 3. The average molecular weight is 402 g/mol. The molecule has 0 bridgehead atoms. The Labute approximate surface area is 169 Å². The molecule has 0 heterocycles. The van der Waals surface area contributed by atoms with Crippen molar-refractivity contribution in [3.63, 3.8) is 0 Å². The van der Waals surface area contributed by atoms with Gasteiger partial charge in [-0.2, -0.15) is 0 Å². The molecule has 0 spiro atoms. The highest BCUT2D eigenvalue weighted by atomic mass is 35.5. The molecule has 0 saturated heterocycles.